The molecule has 1 amide bonds. The summed E-state index contributed by atoms with van der Waals surface area (Å²) in [5.41, 5.74) is 0.309. The lowest BCUT2D eigenvalue weighted by Crippen LogP contribution is -2.40. The fourth-order valence-corrected chi connectivity index (χ4v) is 3.84. The molecular formula is C13H13BrN2O3S2. The maximum absolute atomic E-state index is 12.1. The molecule has 0 bridgehead atoms. The number of carbonyl (C=O) groups excluding carboxylic acids is 1. The van der Waals surface area contributed by atoms with E-state index in [4.69, 9.17) is 5.11 Å². The summed E-state index contributed by atoms with van der Waals surface area (Å²) in [5.74, 6) is -1.95. The summed E-state index contributed by atoms with van der Waals surface area (Å²) in [6.07, 6.45) is 0. The summed E-state index contributed by atoms with van der Waals surface area (Å²) in [4.78, 5) is 28.2. The Labute approximate surface area is 138 Å². The number of nitrogens with zero attached hydrogens (tertiary/aromatic N) is 1. The van der Waals surface area contributed by atoms with Gasteiger partial charge in [0, 0.05) is 21.3 Å². The zero-order valence-corrected chi connectivity index (χ0v) is 14.5. The molecule has 2 rings (SSSR count). The molecule has 2 unspecified atom stereocenters. The molecule has 2 heterocycles. The Morgan fingerprint density at radius 1 is 1.33 bits per heavy atom. The maximum atomic E-state index is 12.1. The number of carbonyl (C=O) groups is 2. The summed E-state index contributed by atoms with van der Waals surface area (Å²) in [5, 5.41) is 16.0. The van der Waals surface area contributed by atoms with Crippen molar-refractivity contribution < 1.29 is 14.7 Å². The topological polar surface area (TPSA) is 79.3 Å². The van der Waals surface area contributed by atoms with Gasteiger partial charge in [0.2, 0.25) is 0 Å². The lowest BCUT2D eigenvalue weighted by Gasteiger charge is -2.16. The Morgan fingerprint density at radius 2 is 2.05 bits per heavy atom. The van der Waals surface area contributed by atoms with Crippen LogP contribution < -0.4 is 5.32 Å². The second kappa shape index (κ2) is 6.67. The number of aliphatic carboxylic acids is 1. The zero-order chi connectivity index (χ0) is 15.6. The van der Waals surface area contributed by atoms with Crippen LogP contribution in [0.2, 0.25) is 0 Å². The highest BCUT2D eigenvalue weighted by atomic mass is 79.9. The fourth-order valence-electron chi connectivity index (χ4n) is 1.54. The van der Waals surface area contributed by atoms with Crippen molar-refractivity contribution in [1.29, 1.82) is 0 Å². The van der Waals surface area contributed by atoms with Crippen molar-refractivity contribution in [2.24, 2.45) is 5.92 Å². The molecule has 0 aliphatic rings. The summed E-state index contributed by atoms with van der Waals surface area (Å²) in [6, 6.07) is 1.48. The highest BCUT2D eigenvalue weighted by Crippen LogP contribution is 2.31. The van der Waals surface area contributed by atoms with Crippen LogP contribution in [0.3, 0.4) is 0 Å². The zero-order valence-electron chi connectivity index (χ0n) is 11.3. The van der Waals surface area contributed by atoms with Crippen LogP contribution in [0.15, 0.2) is 21.3 Å². The standard InChI is InChI=1S/C13H13BrN2O3S2/c1-6(13(18)19)7(2)15-11(17)9-5-21-12(16-9)10-3-8(14)4-20-10/h3-7H,1-2H3,(H,15,17)(H,18,19). The smallest absolute Gasteiger partial charge is 0.308 e. The molecule has 112 valence electrons. The van der Waals surface area contributed by atoms with Crippen molar-refractivity contribution >= 4 is 50.5 Å². The molecule has 2 aromatic heterocycles. The first-order valence-corrected chi connectivity index (χ1v) is 8.67. The van der Waals surface area contributed by atoms with Crippen molar-refractivity contribution in [3.8, 4) is 9.88 Å². The number of hydrogen-bond acceptors (Lipinski definition) is 5. The molecule has 0 radical (unpaired) electrons. The van der Waals surface area contributed by atoms with Gasteiger partial charge < -0.3 is 10.4 Å². The van der Waals surface area contributed by atoms with Crippen LogP contribution in [-0.4, -0.2) is 28.0 Å². The van der Waals surface area contributed by atoms with Gasteiger partial charge in [0.15, 0.2) is 0 Å². The second-order valence-corrected chi connectivity index (χ2v) is 7.24. The van der Waals surface area contributed by atoms with Gasteiger partial charge in [0.25, 0.3) is 5.91 Å². The molecular weight excluding hydrogens is 376 g/mol. The van der Waals surface area contributed by atoms with E-state index >= 15 is 0 Å². The van der Waals surface area contributed by atoms with E-state index < -0.39 is 17.9 Å². The number of amides is 1. The minimum Gasteiger partial charge on any atom is -0.481 e. The molecule has 0 saturated heterocycles. The predicted octanol–water partition coefficient (Wildman–Crippen LogP) is 3.47. The first-order chi connectivity index (χ1) is 9.88. The summed E-state index contributed by atoms with van der Waals surface area (Å²) in [7, 11) is 0. The predicted molar refractivity (Wildman–Crippen MR) is 86.9 cm³/mol. The third-order valence-electron chi connectivity index (χ3n) is 3.01. The third kappa shape index (κ3) is 3.90. The first-order valence-electron chi connectivity index (χ1n) is 6.12. The average molecular weight is 389 g/mol. The number of thiophene rings is 1. The van der Waals surface area contributed by atoms with Gasteiger partial charge in [-0.1, -0.05) is 0 Å². The maximum Gasteiger partial charge on any atom is 0.308 e. The van der Waals surface area contributed by atoms with E-state index in [0.717, 1.165) is 14.4 Å². The van der Waals surface area contributed by atoms with Crippen LogP contribution in [0.4, 0.5) is 0 Å². The molecule has 2 atom stereocenters. The number of thiazole rings is 1. The highest BCUT2D eigenvalue weighted by Gasteiger charge is 2.22. The number of carboxylic acids is 1. The molecule has 0 spiro atoms. The van der Waals surface area contributed by atoms with Gasteiger partial charge in [-0.3, -0.25) is 9.59 Å². The monoisotopic (exact) mass is 388 g/mol. The van der Waals surface area contributed by atoms with E-state index in [1.165, 1.54) is 11.3 Å². The Morgan fingerprint density at radius 3 is 2.62 bits per heavy atom. The van der Waals surface area contributed by atoms with Crippen molar-refractivity contribution in [2.45, 2.75) is 19.9 Å². The Bertz CT molecular complexity index is 668. The molecule has 8 heteroatoms. The van der Waals surface area contributed by atoms with Crippen LogP contribution >= 0.6 is 38.6 Å². The molecule has 2 aromatic rings. The van der Waals surface area contributed by atoms with Crippen LogP contribution in [0.1, 0.15) is 24.3 Å². The van der Waals surface area contributed by atoms with Gasteiger partial charge in [-0.2, -0.15) is 0 Å². The fraction of sp³-hybridized carbons (Fsp3) is 0.308. The molecule has 0 aliphatic carbocycles. The van der Waals surface area contributed by atoms with Crippen molar-refractivity contribution in [3.05, 3.63) is 27.0 Å². The minimum absolute atomic E-state index is 0.309. The lowest BCUT2D eigenvalue weighted by molar-refractivity contribution is -0.141. The van der Waals surface area contributed by atoms with Crippen LogP contribution in [0, 0.1) is 5.92 Å². The number of nitrogens with one attached hydrogen (secondary N) is 1. The third-order valence-corrected chi connectivity index (χ3v) is 5.72. The quantitative estimate of drug-likeness (QED) is 0.821. The highest BCUT2D eigenvalue weighted by molar-refractivity contribution is 9.10. The van der Waals surface area contributed by atoms with Gasteiger partial charge in [0.1, 0.15) is 10.7 Å². The molecule has 0 aromatic carbocycles. The molecule has 5 nitrogen and oxygen atoms in total. The Hall–Kier alpha value is -1.25. The number of carboxylic acid groups (broad SMARTS) is 1. The van der Waals surface area contributed by atoms with Gasteiger partial charge in [0.05, 0.1) is 10.8 Å². The van der Waals surface area contributed by atoms with E-state index in [1.807, 2.05) is 11.4 Å². The molecule has 0 aliphatic heterocycles. The van der Waals surface area contributed by atoms with Crippen LogP contribution in [0.5, 0.6) is 0 Å². The average Bonchev–Trinajstić information content (AvgIpc) is 3.05. The van der Waals surface area contributed by atoms with E-state index in [-0.39, 0.29) is 5.91 Å². The van der Waals surface area contributed by atoms with Crippen molar-refractivity contribution in [3.63, 3.8) is 0 Å². The van der Waals surface area contributed by atoms with Crippen molar-refractivity contribution in [1.82, 2.24) is 10.3 Å². The number of rotatable bonds is 5. The van der Waals surface area contributed by atoms with Gasteiger partial charge in [-0.15, -0.1) is 22.7 Å². The normalized spacial score (nSPS) is 13.7. The Balaban J connectivity index is 2.07. The van der Waals surface area contributed by atoms with Crippen LogP contribution in [-0.2, 0) is 4.79 Å². The summed E-state index contributed by atoms with van der Waals surface area (Å²) >= 11 is 6.31. The van der Waals surface area contributed by atoms with E-state index in [0.29, 0.717) is 5.69 Å². The molecule has 2 N–H and O–H groups in total. The Kier molecular flexibility index (Phi) is 5.13. The SMILES string of the molecule is CC(NC(=O)c1csc(-c2cc(Br)cs2)n1)C(C)C(=O)O. The number of aromatic nitrogens is 1. The molecule has 0 saturated carbocycles. The van der Waals surface area contributed by atoms with E-state index in [1.54, 1.807) is 30.6 Å². The lowest BCUT2D eigenvalue weighted by atomic mass is 10.0. The first kappa shape index (κ1) is 16.1. The van der Waals surface area contributed by atoms with Gasteiger partial charge in [-0.25, -0.2) is 4.98 Å². The van der Waals surface area contributed by atoms with Gasteiger partial charge >= 0.3 is 5.97 Å². The molecule has 0 fully saturated rings. The van der Waals surface area contributed by atoms with Crippen LogP contribution in [0.25, 0.3) is 9.88 Å². The summed E-state index contributed by atoms with van der Waals surface area (Å²) in [6.45, 7) is 3.23. The number of hydrogen-bond donors (Lipinski definition) is 2. The molecule has 21 heavy (non-hydrogen) atoms. The van der Waals surface area contributed by atoms with E-state index in [9.17, 15) is 9.59 Å². The minimum atomic E-state index is -0.940. The number of halogens is 1. The second-order valence-electron chi connectivity index (χ2n) is 4.56. The van der Waals surface area contributed by atoms with Crippen molar-refractivity contribution in [2.75, 3.05) is 0 Å². The largest absolute Gasteiger partial charge is 0.481 e. The van der Waals surface area contributed by atoms with E-state index in [2.05, 4.69) is 26.2 Å². The van der Waals surface area contributed by atoms with Gasteiger partial charge in [-0.05, 0) is 35.8 Å². The summed E-state index contributed by atoms with van der Waals surface area (Å²) < 4.78 is 0.979.